The Kier molecular flexibility index (Phi) is 5.63. The minimum Gasteiger partial charge on any atom is -0.399 e. The fraction of sp³-hybridized carbons (Fsp3) is 0.385. The number of carbonyl (C=O) groups is 2. The van der Waals surface area contributed by atoms with Crippen LogP contribution in [0.1, 0.15) is 23.2 Å². The van der Waals surface area contributed by atoms with Crippen LogP contribution < -0.4 is 16.4 Å². The van der Waals surface area contributed by atoms with Crippen molar-refractivity contribution in [1.82, 2.24) is 10.6 Å². The van der Waals surface area contributed by atoms with Gasteiger partial charge in [0.05, 0.1) is 0 Å². The van der Waals surface area contributed by atoms with Gasteiger partial charge >= 0.3 is 0 Å². The van der Waals surface area contributed by atoms with Crippen molar-refractivity contribution in [3.05, 3.63) is 29.8 Å². The van der Waals surface area contributed by atoms with Crippen LogP contribution in [-0.4, -0.2) is 24.9 Å². The Hall–Kier alpha value is -1.75. The van der Waals surface area contributed by atoms with Crippen molar-refractivity contribution in [3.8, 4) is 0 Å². The predicted octanol–water partition coefficient (Wildman–Crippen LogP) is 0.947. The molecule has 19 heavy (non-hydrogen) atoms. The largest absolute Gasteiger partial charge is 0.399 e. The second kappa shape index (κ2) is 6.99. The van der Waals surface area contributed by atoms with Gasteiger partial charge in [0.1, 0.15) is 0 Å². The van der Waals surface area contributed by atoms with Gasteiger partial charge in [0.2, 0.25) is 5.91 Å². The van der Waals surface area contributed by atoms with Crippen molar-refractivity contribution in [2.75, 3.05) is 18.8 Å². The Morgan fingerprint density at radius 3 is 2.26 bits per heavy atom. The minimum atomic E-state index is -0.157. The molecule has 1 aromatic carbocycles. The molecule has 0 heterocycles. The van der Waals surface area contributed by atoms with E-state index in [9.17, 15) is 9.59 Å². The standard InChI is InChI=1S/C13H17N3O2.ClH/c14-11-5-3-10(4-6-11)13(18)16-8-7-15-12(17)9-1-2-9;/h3-6,9H,1-2,7-8,14H2,(H,15,17)(H,16,18);1H. The summed E-state index contributed by atoms with van der Waals surface area (Å²) in [4.78, 5) is 23.0. The molecular weight excluding hydrogens is 266 g/mol. The quantitative estimate of drug-likeness (QED) is 0.556. The normalized spacial score (nSPS) is 13.3. The molecule has 1 aliphatic carbocycles. The number of nitrogens with two attached hydrogens (primary N) is 1. The van der Waals surface area contributed by atoms with Crippen LogP contribution >= 0.6 is 12.4 Å². The zero-order chi connectivity index (χ0) is 13.0. The van der Waals surface area contributed by atoms with Crippen molar-refractivity contribution in [2.45, 2.75) is 12.8 Å². The number of rotatable bonds is 5. The lowest BCUT2D eigenvalue weighted by Gasteiger charge is -2.06. The number of benzene rings is 1. The van der Waals surface area contributed by atoms with Crippen LogP contribution in [0, 0.1) is 5.92 Å². The SMILES string of the molecule is Cl.Nc1ccc(C(=O)NCCNC(=O)C2CC2)cc1. The van der Waals surface area contributed by atoms with E-state index in [-0.39, 0.29) is 30.1 Å². The highest BCUT2D eigenvalue weighted by Crippen LogP contribution is 2.28. The van der Waals surface area contributed by atoms with Crippen LogP contribution in [0.5, 0.6) is 0 Å². The molecule has 1 fully saturated rings. The average Bonchev–Trinajstić information content (AvgIpc) is 3.19. The lowest BCUT2D eigenvalue weighted by atomic mass is 10.2. The Balaban J connectivity index is 0.00000180. The van der Waals surface area contributed by atoms with Crippen LogP contribution in [-0.2, 0) is 4.79 Å². The van der Waals surface area contributed by atoms with Crippen molar-refractivity contribution in [3.63, 3.8) is 0 Å². The number of hydrogen-bond acceptors (Lipinski definition) is 3. The fourth-order valence-corrected chi connectivity index (χ4v) is 1.59. The Labute approximate surface area is 118 Å². The molecule has 6 heteroatoms. The van der Waals surface area contributed by atoms with E-state index in [4.69, 9.17) is 5.73 Å². The maximum atomic E-state index is 11.7. The third kappa shape index (κ3) is 4.79. The highest BCUT2D eigenvalue weighted by Gasteiger charge is 2.28. The van der Waals surface area contributed by atoms with E-state index in [0.717, 1.165) is 12.8 Å². The van der Waals surface area contributed by atoms with Crippen molar-refractivity contribution >= 4 is 29.9 Å². The molecule has 1 aliphatic rings. The monoisotopic (exact) mass is 283 g/mol. The Bertz CT molecular complexity index is 444. The highest BCUT2D eigenvalue weighted by atomic mass is 35.5. The number of carbonyl (C=O) groups excluding carboxylic acids is 2. The van der Waals surface area contributed by atoms with E-state index in [1.807, 2.05) is 0 Å². The van der Waals surface area contributed by atoms with Crippen LogP contribution in [0.3, 0.4) is 0 Å². The molecule has 4 N–H and O–H groups in total. The number of halogens is 1. The summed E-state index contributed by atoms with van der Waals surface area (Å²) in [5.41, 5.74) is 6.73. The molecule has 0 saturated heterocycles. The average molecular weight is 284 g/mol. The molecule has 0 spiro atoms. The number of amides is 2. The lowest BCUT2D eigenvalue weighted by Crippen LogP contribution is -2.35. The van der Waals surface area contributed by atoms with Crippen LogP contribution in [0.4, 0.5) is 5.69 Å². The number of anilines is 1. The summed E-state index contributed by atoms with van der Waals surface area (Å²) < 4.78 is 0. The zero-order valence-electron chi connectivity index (χ0n) is 10.5. The van der Waals surface area contributed by atoms with E-state index in [2.05, 4.69) is 10.6 Å². The molecule has 1 aromatic rings. The summed E-state index contributed by atoms with van der Waals surface area (Å²) in [7, 11) is 0. The van der Waals surface area contributed by atoms with Gasteiger partial charge in [0, 0.05) is 30.3 Å². The van der Waals surface area contributed by atoms with Gasteiger partial charge in [-0.25, -0.2) is 0 Å². The summed E-state index contributed by atoms with van der Waals surface area (Å²) >= 11 is 0. The smallest absolute Gasteiger partial charge is 0.251 e. The van der Waals surface area contributed by atoms with Gasteiger partial charge in [-0.05, 0) is 37.1 Å². The molecule has 104 valence electrons. The number of nitrogen functional groups attached to an aromatic ring is 1. The van der Waals surface area contributed by atoms with Gasteiger partial charge in [0.15, 0.2) is 0 Å². The van der Waals surface area contributed by atoms with Gasteiger partial charge in [-0.3, -0.25) is 9.59 Å². The maximum Gasteiger partial charge on any atom is 0.251 e. The molecule has 1 saturated carbocycles. The van der Waals surface area contributed by atoms with Crippen LogP contribution in [0.2, 0.25) is 0 Å². The first kappa shape index (κ1) is 15.3. The summed E-state index contributed by atoms with van der Waals surface area (Å²) in [6, 6.07) is 6.72. The van der Waals surface area contributed by atoms with Gasteiger partial charge in [-0.2, -0.15) is 0 Å². The second-order valence-corrected chi connectivity index (χ2v) is 4.44. The Morgan fingerprint density at radius 2 is 1.68 bits per heavy atom. The summed E-state index contributed by atoms with van der Waals surface area (Å²) in [5, 5.41) is 5.53. The van der Waals surface area contributed by atoms with Gasteiger partial charge in [0.25, 0.3) is 5.91 Å². The molecule has 2 rings (SSSR count). The van der Waals surface area contributed by atoms with Gasteiger partial charge < -0.3 is 16.4 Å². The van der Waals surface area contributed by atoms with E-state index in [0.29, 0.717) is 24.3 Å². The van der Waals surface area contributed by atoms with Crippen LogP contribution in [0.15, 0.2) is 24.3 Å². The Morgan fingerprint density at radius 1 is 1.11 bits per heavy atom. The summed E-state index contributed by atoms with van der Waals surface area (Å²) in [5.74, 6) is 0.144. The van der Waals surface area contributed by atoms with E-state index in [1.165, 1.54) is 0 Å². The number of hydrogen-bond donors (Lipinski definition) is 3. The van der Waals surface area contributed by atoms with Gasteiger partial charge in [-0.1, -0.05) is 0 Å². The van der Waals surface area contributed by atoms with Crippen LogP contribution in [0.25, 0.3) is 0 Å². The molecule has 0 radical (unpaired) electrons. The lowest BCUT2D eigenvalue weighted by molar-refractivity contribution is -0.122. The van der Waals surface area contributed by atoms with Gasteiger partial charge in [-0.15, -0.1) is 12.4 Å². The highest BCUT2D eigenvalue weighted by molar-refractivity contribution is 5.94. The molecule has 0 atom stereocenters. The third-order valence-electron chi connectivity index (χ3n) is 2.83. The minimum absolute atomic E-state index is 0. The fourth-order valence-electron chi connectivity index (χ4n) is 1.59. The van der Waals surface area contributed by atoms with Crippen molar-refractivity contribution < 1.29 is 9.59 Å². The summed E-state index contributed by atoms with van der Waals surface area (Å²) in [6.07, 6.45) is 1.98. The topological polar surface area (TPSA) is 84.2 Å². The van der Waals surface area contributed by atoms with E-state index >= 15 is 0 Å². The molecule has 5 nitrogen and oxygen atoms in total. The maximum absolute atomic E-state index is 11.7. The first-order valence-electron chi connectivity index (χ1n) is 6.08. The number of nitrogens with one attached hydrogen (secondary N) is 2. The molecule has 0 unspecified atom stereocenters. The van der Waals surface area contributed by atoms with E-state index < -0.39 is 0 Å². The summed E-state index contributed by atoms with van der Waals surface area (Å²) in [6.45, 7) is 0.901. The predicted molar refractivity (Wildman–Crippen MR) is 76.2 cm³/mol. The third-order valence-corrected chi connectivity index (χ3v) is 2.83. The van der Waals surface area contributed by atoms with Crippen molar-refractivity contribution in [2.24, 2.45) is 5.92 Å². The van der Waals surface area contributed by atoms with E-state index in [1.54, 1.807) is 24.3 Å². The van der Waals surface area contributed by atoms with Crippen molar-refractivity contribution in [1.29, 1.82) is 0 Å². The first-order valence-corrected chi connectivity index (χ1v) is 6.08. The molecule has 0 bridgehead atoms. The molecule has 0 aliphatic heterocycles. The second-order valence-electron chi connectivity index (χ2n) is 4.44. The molecule has 0 aromatic heterocycles. The zero-order valence-corrected chi connectivity index (χ0v) is 11.3. The molecule has 2 amide bonds. The first-order chi connectivity index (χ1) is 8.66. The molecular formula is C13H18ClN3O2.